The number of H-pyrrole nitrogens is 1. The van der Waals surface area contributed by atoms with Crippen LogP contribution in [0.2, 0.25) is 0 Å². The summed E-state index contributed by atoms with van der Waals surface area (Å²) in [5.74, 6) is 1.29. The summed E-state index contributed by atoms with van der Waals surface area (Å²) >= 11 is 0. The van der Waals surface area contributed by atoms with Gasteiger partial charge < -0.3 is 10.5 Å². The highest BCUT2D eigenvalue weighted by molar-refractivity contribution is 5.70. The van der Waals surface area contributed by atoms with E-state index in [9.17, 15) is 0 Å². The van der Waals surface area contributed by atoms with E-state index in [1.54, 1.807) is 7.11 Å². The first-order valence-corrected chi connectivity index (χ1v) is 4.56. The maximum Gasteiger partial charge on any atom is 0.183 e. The molecule has 0 amide bonds. The summed E-state index contributed by atoms with van der Waals surface area (Å²) in [6.45, 7) is 0.416. The Morgan fingerprint density at radius 3 is 2.93 bits per heavy atom. The van der Waals surface area contributed by atoms with E-state index in [1.807, 2.05) is 24.3 Å². The molecule has 5 heteroatoms. The van der Waals surface area contributed by atoms with Crippen LogP contribution in [0.25, 0.3) is 11.4 Å². The summed E-state index contributed by atoms with van der Waals surface area (Å²) in [6, 6.07) is 7.48. The van der Waals surface area contributed by atoms with Crippen LogP contribution in [0.4, 0.5) is 5.69 Å². The fourth-order valence-electron chi connectivity index (χ4n) is 1.32. The van der Waals surface area contributed by atoms with Crippen molar-refractivity contribution in [3.63, 3.8) is 0 Å². The zero-order valence-corrected chi connectivity index (χ0v) is 8.40. The van der Waals surface area contributed by atoms with E-state index in [2.05, 4.69) is 15.2 Å². The molecule has 2 aromatic rings. The smallest absolute Gasteiger partial charge is 0.183 e. The Labute approximate surface area is 87.3 Å². The van der Waals surface area contributed by atoms with E-state index in [0.29, 0.717) is 23.9 Å². The summed E-state index contributed by atoms with van der Waals surface area (Å²) in [6.07, 6.45) is 0. The molecule has 78 valence electrons. The number of para-hydroxylation sites is 1. The number of benzene rings is 1. The van der Waals surface area contributed by atoms with E-state index in [0.717, 1.165) is 5.56 Å². The van der Waals surface area contributed by atoms with Crippen LogP contribution in [0, 0.1) is 0 Å². The first-order valence-electron chi connectivity index (χ1n) is 4.56. The molecule has 0 radical (unpaired) electrons. The lowest BCUT2D eigenvalue weighted by Gasteiger charge is -1.98. The highest BCUT2D eigenvalue weighted by Crippen LogP contribution is 2.21. The van der Waals surface area contributed by atoms with E-state index in [4.69, 9.17) is 10.5 Å². The number of aromatic amines is 1. The second-order valence-corrected chi connectivity index (χ2v) is 3.13. The zero-order valence-electron chi connectivity index (χ0n) is 8.40. The van der Waals surface area contributed by atoms with Crippen LogP contribution in [0.15, 0.2) is 24.3 Å². The summed E-state index contributed by atoms with van der Waals surface area (Å²) in [5.41, 5.74) is 7.31. The van der Waals surface area contributed by atoms with Crippen LogP contribution < -0.4 is 5.73 Å². The second kappa shape index (κ2) is 4.10. The van der Waals surface area contributed by atoms with E-state index < -0.39 is 0 Å². The molecule has 0 spiro atoms. The molecule has 3 N–H and O–H groups in total. The van der Waals surface area contributed by atoms with Gasteiger partial charge in [0.15, 0.2) is 11.6 Å². The predicted molar refractivity (Wildman–Crippen MR) is 56.9 cm³/mol. The molecular weight excluding hydrogens is 192 g/mol. The number of ether oxygens (including phenoxy) is 1. The molecule has 15 heavy (non-hydrogen) atoms. The molecule has 1 aromatic heterocycles. The van der Waals surface area contributed by atoms with Crippen LogP contribution in [-0.4, -0.2) is 22.3 Å². The number of methoxy groups -OCH3 is 1. The number of nitrogens with zero attached hydrogens (tertiary/aromatic N) is 2. The molecule has 0 aliphatic heterocycles. The molecule has 0 aliphatic rings. The third kappa shape index (κ3) is 1.97. The lowest BCUT2D eigenvalue weighted by molar-refractivity contribution is 0.178. The van der Waals surface area contributed by atoms with Crippen molar-refractivity contribution < 1.29 is 4.74 Å². The minimum atomic E-state index is 0.416. The number of rotatable bonds is 3. The summed E-state index contributed by atoms with van der Waals surface area (Å²) in [4.78, 5) is 4.26. The van der Waals surface area contributed by atoms with Crippen LogP contribution >= 0.6 is 0 Å². The first kappa shape index (κ1) is 9.67. The van der Waals surface area contributed by atoms with Gasteiger partial charge in [-0.1, -0.05) is 12.1 Å². The van der Waals surface area contributed by atoms with Gasteiger partial charge in [0.05, 0.1) is 0 Å². The van der Waals surface area contributed by atoms with Crippen molar-refractivity contribution in [3.8, 4) is 11.4 Å². The third-order valence-corrected chi connectivity index (χ3v) is 2.01. The Morgan fingerprint density at radius 1 is 1.40 bits per heavy atom. The third-order valence-electron chi connectivity index (χ3n) is 2.01. The van der Waals surface area contributed by atoms with Gasteiger partial charge in [-0.2, -0.15) is 5.10 Å². The van der Waals surface area contributed by atoms with Gasteiger partial charge >= 0.3 is 0 Å². The molecule has 0 bridgehead atoms. The zero-order chi connectivity index (χ0) is 10.7. The average Bonchev–Trinajstić information content (AvgIpc) is 2.68. The van der Waals surface area contributed by atoms with Crippen LogP contribution in [0.5, 0.6) is 0 Å². The van der Waals surface area contributed by atoms with Crippen LogP contribution in [0.3, 0.4) is 0 Å². The molecule has 1 aromatic carbocycles. The van der Waals surface area contributed by atoms with Crippen molar-refractivity contribution >= 4 is 5.69 Å². The minimum absolute atomic E-state index is 0.416. The molecule has 0 aliphatic carbocycles. The first-order chi connectivity index (χ1) is 7.31. The molecular formula is C10H12N4O. The maximum absolute atomic E-state index is 5.81. The monoisotopic (exact) mass is 204 g/mol. The lowest BCUT2D eigenvalue weighted by Crippen LogP contribution is -1.91. The van der Waals surface area contributed by atoms with E-state index in [1.165, 1.54) is 0 Å². The van der Waals surface area contributed by atoms with Crippen molar-refractivity contribution in [2.24, 2.45) is 0 Å². The van der Waals surface area contributed by atoms with Crippen LogP contribution in [0.1, 0.15) is 5.82 Å². The minimum Gasteiger partial charge on any atom is -0.398 e. The number of anilines is 1. The highest BCUT2D eigenvalue weighted by Gasteiger charge is 2.07. The average molecular weight is 204 g/mol. The normalized spacial score (nSPS) is 10.5. The summed E-state index contributed by atoms with van der Waals surface area (Å²) in [5, 5.41) is 6.86. The Kier molecular flexibility index (Phi) is 2.64. The van der Waals surface area contributed by atoms with Crippen molar-refractivity contribution in [3.05, 3.63) is 30.1 Å². The summed E-state index contributed by atoms with van der Waals surface area (Å²) in [7, 11) is 1.61. The number of nitrogen functional groups attached to an aromatic ring is 1. The largest absolute Gasteiger partial charge is 0.398 e. The molecule has 5 nitrogen and oxygen atoms in total. The maximum atomic E-state index is 5.81. The van der Waals surface area contributed by atoms with Gasteiger partial charge in [-0.25, -0.2) is 4.98 Å². The number of nitrogens with two attached hydrogens (primary N) is 1. The predicted octanol–water partition coefficient (Wildman–Crippen LogP) is 1.20. The fraction of sp³-hybridized carbons (Fsp3) is 0.200. The SMILES string of the molecule is COCc1nc(-c2ccccc2N)n[nH]1. The molecule has 1 heterocycles. The van der Waals surface area contributed by atoms with Gasteiger partial charge in [-0.05, 0) is 12.1 Å². The molecule has 2 rings (SSSR count). The topological polar surface area (TPSA) is 76.8 Å². The Morgan fingerprint density at radius 2 is 2.20 bits per heavy atom. The van der Waals surface area contributed by atoms with Crippen molar-refractivity contribution in [2.75, 3.05) is 12.8 Å². The number of aromatic nitrogens is 3. The molecule has 0 saturated heterocycles. The number of nitrogens with one attached hydrogen (secondary N) is 1. The Balaban J connectivity index is 2.33. The summed E-state index contributed by atoms with van der Waals surface area (Å²) < 4.78 is 4.94. The van der Waals surface area contributed by atoms with E-state index in [-0.39, 0.29) is 0 Å². The number of hydrogen-bond acceptors (Lipinski definition) is 4. The van der Waals surface area contributed by atoms with Crippen LogP contribution in [-0.2, 0) is 11.3 Å². The van der Waals surface area contributed by atoms with Gasteiger partial charge in [0.1, 0.15) is 6.61 Å². The van der Waals surface area contributed by atoms with Gasteiger partial charge in [0.2, 0.25) is 0 Å². The van der Waals surface area contributed by atoms with Crippen molar-refractivity contribution in [1.82, 2.24) is 15.2 Å². The fourth-order valence-corrected chi connectivity index (χ4v) is 1.32. The van der Waals surface area contributed by atoms with Gasteiger partial charge in [0, 0.05) is 18.4 Å². The van der Waals surface area contributed by atoms with E-state index >= 15 is 0 Å². The second-order valence-electron chi connectivity index (χ2n) is 3.13. The Bertz CT molecular complexity index is 452. The number of hydrogen-bond donors (Lipinski definition) is 2. The highest BCUT2D eigenvalue weighted by atomic mass is 16.5. The van der Waals surface area contributed by atoms with Crippen molar-refractivity contribution in [2.45, 2.75) is 6.61 Å². The standard InChI is InChI=1S/C10H12N4O/c1-15-6-9-12-10(14-13-9)7-4-2-3-5-8(7)11/h2-5H,6,11H2,1H3,(H,12,13,14). The molecule has 0 unspecified atom stereocenters. The van der Waals surface area contributed by atoms with Gasteiger partial charge in [-0.15, -0.1) is 0 Å². The quantitative estimate of drug-likeness (QED) is 0.736. The van der Waals surface area contributed by atoms with Gasteiger partial charge in [-0.3, -0.25) is 5.10 Å². The Hall–Kier alpha value is -1.88. The van der Waals surface area contributed by atoms with Crippen molar-refractivity contribution in [1.29, 1.82) is 0 Å². The van der Waals surface area contributed by atoms with Gasteiger partial charge in [0.25, 0.3) is 0 Å². The molecule has 0 saturated carbocycles. The lowest BCUT2D eigenvalue weighted by atomic mass is 10.2. The molecule has 0 fully saturated rings. The molecule has 0 atom stereocenters.